The minimum Gasteiger partial charge on any atom is -0.433 e. The Hall–Kier alpha value is -1.89. The number of nitrogens with two attached hydrogens (primary N) is 1. The fraction of sp³-hybridized carbons (Fsp3) is 0.562. The van der Waals surface area contributed by atoms with Gasteiger partial charge in [-0.2, -0.15) is 8.78 Å². The molecule has 2 rings (SSSR count). The maximum absolute atomic E-state index is 12.5. The highest BCUT2D eigenvalue weighted by Gasteiger charge is 2.26. The van der Waals surface area contributed by atoms with Gasteiger partial charge in [0.2, 0.25) is 5.91 Å². The summed E-state index contributed by atoms with van der Waals surface area (Å²) in [6.45, 7) is 0.271. The fourth-order valence-corrected chi connectivity index (χ4v) is 2.67. The van der Waals surface area contributed by atoms with Crippen molar-refractivity contribution in [1.82, 2.24) is 5.32 Å². The molecule has 5 nitrogen and oxygen atoms in total. The minimum atomic E-state index is -2.85. The molecule has 2 atom stereocenters. The number of carbonyl (C=O) groups is 1. The molecule has 1 saturated heterocycles. The number of halogens is 2. The molecule has 128 valence electrons. The normalized spacial score (nSPS) is 19.0. The third-order valence-corrected chi connectivity index (χ3v) is 3.80. The van der Waals surface area contributed by atoms with Gasteiger partial charge in [-0.25, -0.2) is 0 Å². The van der Waals surface area contributed by atoms with E-state index >= 15 is 0 Å². The van der Waals surface area contributed by atoms with E-state index in [0.29, 0.717) is 31.6 Å². The Morgan fingerprint density at radius 1 is 1.48 bits per heavy atom. The summed E-state index contributed by atoms with van der Waals surface area (Å²) in [7, 11) is 0. The van der Waals surface area contributed by atoms with E-state index in [0.717, 1.165) is 6.42 Å². The minimum absolute atomic E-state index is 0.000741. The zero-order chi connectivity index (χ0) is 16.8. The lowest BCUT2D eigenvalue weighted by atomic mass is 10.2. The van der Waals surface area contributed by atoms with Crippen LogP contribution in [0.3, 0.4) is 0 Å². The second-order valence-electron chi connectivity index (χ2n) is 5.86. The number of hydrogen-bond acceptors (Lipinski definition) is 4. The predicted molar refractivity (Wildman–Crippen MR) is 84.7 cm³/mol. The van der Waals surface area contributed by atoms with Crippen LogP contribution in [-0.4, -0.2) is 37.7 Å². The molecule has 23 heavy (non-hydrogen) atoms. The molecule has 1 amide bonds. The van der Waals surface area contributed by atoms with Crippen LogP contribution in [0.2, 0.25) is 0 Å². The third kappa shape index (κ3) is 5.35. The van der Waals surface area contributed by atoms with Crippen molar-refractivity contribution in [3.8, 4) is 5.75 Å². The van der Waals surface area contributed by atoms with Gasteiger partial charge in [0.15, 0.2) is 0 Å². The van der Waals surface area contributed by atoms with Crippen molar-refractivity contribution in [2.45, 2.75) is 44.9 Å². The van der Waals surface area contributed by atoms with Crippen molar-refractivity contribution in [3.63, 3.8) is 0 Å². The summed E-state index contributed by atoms with van der Waals surface area (Å²) >= 11 is 0. The van der Waals surface area contributed by atoms with Crippen molar-refractivity contribution < 1.29 is 18.3 Å². The highest BCUT2D eigenvalue weighted by molar-refractivity contribution is 5.76. The Labute approximate surface area is 134 Å². The highest BCUT2D eigenvalue weighted by atomic mass is 19.3. The number of carbonyl (C=O) groups excluding carboxylic acids is 1. The topological polar surface area (TPSA) is 67.6 Å². The van der Waals surface area contributed by atoms with E-state index in [2.05, 4.69) is 10.1 Å². The second-order valence-corrected chi connectivity index (χ2v) is 5.86. The molecule has 1 heterocycles. The Morgan fingerprint density at radius 3 is 2.91 bits per heavy atom. The van der Waals surface area contributed by atoms with E-state index in [9.17, 15) is 13.6 Å². The molecule has 1 aliphatic heterocycles. The number of ether oxygens (including phenoxy) is 1. The Kier molecular flexibility index (Phi) is 6.15. The molecule has 0 spiro atoms. The number of nitrogens with one attached hydrogen (secondary N) is 1. The van der Waals surface area contributed by atoms with Crippen LogP contribution in [0.25, 0.3) is 0 Å². The van der Waals surface area contributed by atoms with Crippen molar-refractivity contribution in [2.24, 2.45) is 5.73 Å². The molecular formula is C16H23F2N3O2. The summed E-state index contributed by atoms with van der Waals surface area (Å²) in [5.74, 6) is 0.137. The monoisotopic (exact) mass is 327 g/mol. The van der Waals surface area contributed by atoms with E-state index in [-0.39, 0.29) is 23.7 Å². The average Bonchev–Trinajstić information content (AvgIpc) is 2.93. The lowest BCUT2D eigenvalue weighted by Crippen LogP contribution is -2.37. The molecule has 0 saturated carbocycles. The van der Waals surface area contributed by atoms with Gasteiger partial charge in [-0.3, -0.25) is 4.79 Å². The number of alkyl halides is 2. The smallest absolute Gasteiger partial charge is 0.387 e. The molecular weight excluding hydrogens is 304 g/mol. The summed E-state index contributed by atoms with van der Waals surface area (Å²) in [6.07, 6.45) is 1.82. The Bertz CT molecular complexity index is 526. The molecule has 1 aromatic rings. The van der Waals surface area contributed by atoms with Crippen LogP contribution in [-0.2, 0) is 4.79 Å². The van der Waals surface area contributed by atoms with Crippen LogP contribution < -0.4 is 20.7 Å². The number of amides is 1. The summed E-state index contributed by atoms with van der Waals surface area (Å²) in [5, 5.41) is 2.97. The summed E-state index contributed by atoms with van der Waals surface area (Å²) in [4.78, 5) is 13.8. The van der Waals surface area contributed by atoms with Crippen molar-refractivity contribution in [3.05, 3.63) is 24.3 Å². The van der Waals surface area contributed by atoms with Gasteiger partial charge in [-0.15, -0.1) is 0 Å². The molecule has 1 aliphatic rings. The molecule has 7 heteroatoms. The Morgan fingerprint density at radius 2 is 2.22 bits per heavy atom. The first kappa shape index (κ1) is 17.5. The van der Waals surface area contributed by atoms with Crippen LogP contribution in [0.1, 0.15) is 26.2 Å². The van der Waals surface area contributed by atoms with Gasteiger partial charge in [0.1, 0.15) is 5.75 Å². The van der Waals surface area contributed by atoms with Gasteiger partial charge >= 0.3 is 6.61 Å². The zero-order valence-electron chi connectivity index (χ0n) is 13.2. The average molecular weight is 327 g/mol. The van der Waals surface area contributed by atoms with E-state index in [1.54, 1.807) is 18.2 Å². The van der Waals surface area contributed by atoms with E-state index < -0.39 is 6.61 Å². The first-order chi connectivity index (χ1) is 11.0. The second kappa shape index (κ2) is 8.10. The zero-order valence-corrected chi connectivity index (χ0v) is 13.2. The molecule has 2 unspecified atom stereocenters. The third-order valence-electron chi connectivity index (χ3n) is 3.80. The quantitative estimate of drug-likeness (QED) is 0.805. The predicted octanol–water partition coefficient (Wildman–Crippen LogP) is 2.11. The standard InChI is InChI=1S/C16H23F2N3O2/c1-11(19)6-7-15(22)20-12-8-9-21(10-12)13-4-2-3-5-14(13)23-16(17)18/h2-5,11-12,16H,6-10,19H2,1H3,(H,20,22). The first-order valence-electron chi connectivity index (χ1n) is 7.79. The number of hydrogen-bond donors (Lipinski definition) is 2. The fourth-order valence-electron chi connectivity index (χ4n) is 2.67. The van der Waals surface area contributed by atoms with Crippen molar-refractivity contribution in [2.75, 3.05) is 18.0 Å². The van der Waals surface area contributed by atoms with Crippen LogP contribution in [0, 0.1) is 0 Å². The number of anilines is 1. The number of rotatable bonds is 7. The Balaban J connectivity index is 1.91. The number of benzene rings is 1. The number of nitrogens with zero attached hydrogens (tertiary/aromatic N) is 1. The van der Waals surface area contributed by atoms with E-state index in [1.165, 1.54) is 6.07 Å². The van der Waals surface area contributed by atoms with Gasteiger partial charge in [0, 0.05) is 31.6 Å². The van der Waals surface area contributed by atoms with E-state index in [1.807, 2.05) is 11.8 Å². The SMILES string of the molecule is CC(N)CCC(=O)NC1CCN(c2ccccc2OC(F)F)C1. The summed E-state index contributed by atoms with van der Waals surface area (Å²) in [5.41, 5.74) is 6.26. The summed E-state index contributed by atoms with van der Waals surface area (Å²) in [6, 6.07) is 6.72. The van der Waals surface area contributed by atoms with Crippen LogP contribution in [0.15, 0.2) is 24.3 Å². The molecule has 0 aromatic heterocycles. The molecule has 3 N–H and O–H groups in total. The summed E-state index contributed by atoms with van der Waals surface area (Å²) < 4.78 is 29.5. The van der Waals surface area contributed by atoms with Gasteiger partial charge in [-0.1, -0.05) is 12.1 Å². The van der Waals surface area contributed by atoms with Gasteiger partial charge in [0.05, 0.1) is 5.69 Å². The van der Waals surface area contributed by atoms with Crippen LogP contribution in [0.5, 0.6) is 5.75 Å². The molecule has 0 aliphatic carbocycles. The molecule has 1 fully saturated rings. The number of para-hydroxylation sites is 2. The lowest BCUT2D eigenvalue weighted by molar-refractivity contribution is -0.121. The van der Waals surface area contributed by atoms with Crippen molar-refractivity contribution in [1.29, 1.82) is 0 Å². The van der Waals surface area contributed by atoms with Crippen molar-refractivity contribution >= 4 is 11.6 Å². The van der Waals surface area contributed by atoms with Crippen LogP contribution >= 0.6 is 0 Å². The molecule has 0 bridgehead atoms. The maximum Gasteiger partial charge on any atom is 0.387 e. The highest BCUT2D eigenvalue weighted by Crippen LogP contribution is 2.31. The maximum atomic E-state index is 12.5. The van der Waals surface area contributed by atoms with Gasteiger partial charge < -0.3 is 20.7 Å². The first-order valence-corrected chi connectivity index (χ1v) is 7.79. The largest absolute Gasteiger partial charge is 0.433 e. The molecule has 1 aromatic carbocycles. The van der Waals surface area contributed by atoms with Crippen LogP contribution in [0.4, 0.5) is 14.5 Å². The van der Waals surface area contributed by atoms with E-state index in [4.69, 9.17) is 5.73 Å². The lowest BCUT2D eigenvalue weighted by Gasteiger charge is -2.22. The molecule has 0 radical (unpaired) electrons. The van der Waals surface area contributed by atoms with Gasteiger partial charge in [0.25, 0.3) is 0 Å². The van der Waals surface area contributed by atoms with Gasteiger partial charge in [-0.05, 0) is 31.9 Å².